The molecule has 2 saturated heterocycles. The Morgan fingerprint density at radius 1 is 1.31 bits per heavy atom. The summed E-state index contributed by atoms with van der Waals surface area (Å²) in [5, 5.41) is 38.8. The molecule has 4 unspecified atom stereocenters. The number of aliphatic hydroxyl groups excluding tert-OH is 3. The Hall–Kier alpha value is -2.13. The third kappa shape index (κ3) is 4.25. The molecule has 0 saturated carbocycles. The van der Waals surface area contributed by atoms with Crippen LogP contribution < -0.4 is 17.0 Å². The molecule has 2 aliphatic rings. The molecule has 0 aromatic carbocycles. The lowest BCUT2D eigenvalue weighted by Crippen LogP contribution is -2.61. The molecule has 13 heteroatoms. The van der Waals surface area contributed by atoms with Crippen molar-refractivity contribution in [3.8, 4) is 0 Å². The van der Waals surface area contributed by atoms with Crippen LogP contribution in [0, 0.1) is 6.92 Å². The zero-order chi connectivity index (χ0) is 21.5. The van der Waals surface area contributed by atoms with Gasteiger partial charge in [-0.3, -0.25) is 14.3 Å². The van der Waals surface area contributed by atoms with Crippen LogP contribution in [0.3, 0.4) is 0 Å². The van der Waals surface area contributed by atoms with Gasteiger partial charge in [-0.1, -0.05) is 0 Å². The average Bonchev–Trinajstić information content (AvgIpc) is 3.01. The zero-order valence-corrected chi connectivity index (χ0v) is 15.4. The molecule has 0 radical (unpaired) electrons. The second-order valence-corrected chi connectivity index (χ2v) is 7.07. The molecular formula is C16H23N3O10. The van der Waals surface area contributed by atoms with Crippen molar-refractivity contribution in [2.24, 2.45) is 5.73 Å². The summed E-state index contributed by atoms with van der Waals surface area (Å²) in [5.41, 5.74) is 5.16. The highest BCUT2D eigenvalue weighted by molar-refractivity contribution is 5.73. The zero-order valence-electron chi connectivity index (χ0n) is 15.4. The minimum atomic E-state index is -1.86. The minimum Gasteiger partial charge on any atom is -0.479 e. The van der Waals surface area contributed by atoms with Crippen molar-refractivity contribution in [2.45, 2.75) is 62.4 Å². The van der Waals surface area contributed by atoms with E-state index < -0.39 is 66.3 Å². The Labute approximate surface area is 163 Å². The molecule has 0 aliphatic carbocycles. The highest BCUT2D eigenvalue weighted by Crippen LogP contribution is 2.28. The molecule has 3 heterocycles. The quantitative estimate of drug-likeness (QED) is 0.275. The van der Waals surface area contributed by atoms with Crippen molar-refractivity contribution < 1.29 is 39.4 Å². The van der Waals surface area contributed by atoms with Gasteiger partial charge < -0.3 is 40.4 Å². The van der Waals surface area contributed by atoms with E-state index in [0.717, 1.165) is 0 Å². The number of hydrogen-bond acceptors (Lipinski definition) is 10. The number of aromatic amines is 1. The van der Waals surface area contributed by atoms with E-state index in [9.17, 15) is 29.7 Å². The Morgan fingerprint density at radius 2 is 2.00 bits per heavy atom. The molecule has 162 valence electrons. The molecule has 8 atom stereocenters. The van der Waals surface area contributed by atoms with Crippen LogP contribution in [0.5, 0.6) is 0 Å². The molecule has 0 spiro atoms. The Balaban J connectivity index is 1.68. The first-order chi connectivity index (χ1) is 13.6. The molecule has 7 N–H and O–H groups in total. The number of carbonyl (C=O) groups is 1. The van der Waals surface area contributed by atoms with Gasteiger partial charge in [-0.25, -0.2) is 9.59 Å². The van der Waals surface area contributed by atoms with Crippen molar-refractivity contribution in [3.63, 3.8) is 0 Å². The van der Waals surface area contributed by atoms with E-state index in [1.54, 1.807) is 0 Å². The topological polar surface area (TPSA) is 207 Å². The van der Waals surface area contributed by atoms with Gasteiger partial charge in [-0.15, -0.1) is 0 Å². The lowest BCUT2D eigenvalue weighted by molar-refractivity contribution is -0.290. The smallest absolute Gasteiger partial charge is 0.335 e. The summed E-state index contributed by atoms with van der Waals surface area (Å²) in [4.78, 5) is 36.8. The van der Waals surface area contributed by atoms with Crippen molar-refractivity contribution in [1.82, 2.24) is 9.55 Å². The van der Waals surface area contributed by atoms with Crippen molar-refractivity contribution in [2.75, 3.05) is 6.61 Å². The van der Waals surface area contributed by atoms with Gasteiger partial charge >= 0.3 is 11.7 Å². The summed E-state index contributed by atoms with van der Waals surface area (Å²) in [7, 11) is 0. The highest BCUT2D eigenvalue weighted by Gasteiger charge is 2.48. The van der Waals surface area contributed by atoms with Gasteiger partial charge in [0.2, 0.25) is 0 Å². The maximum absolute atomic E-state index is 12.0. The average molecular weight is 417 g/mol. The van der Waals surface area contributed by atoms with Gasteiger partial charge in [0, 0.05) is 24.2 Å². The molecule has 1 aromatic rings. The first-order valence-corrected chi connectivity index (χ1v) is 8.87. The maximum atomic E-state index is 12.0. The van der Waals surface area contributed by atoms with E-state index in [-0.39, 0.29) is 13.0 Å². The van der Waals surface area contributed by atoms with Crippen LogP contribution in [0.1, 0.15) is 18.2 Å². The Morgan fingerprint density at radius 3 is 2.66 bits per heavy atom. The molecule has 13 nitrogen and oxygen atoms in total. The van der Waals surface area contributed by atoms with Crippen LogP contribution in [0.4, 0.5) is 0 Å². The first kappa shape index (κ1) is 21.6. The third-order valence-corrected chi connectivity index (χ3v) is 5.00. The fraction of sp³-hybridized carbons (Fsp3) is 0.688. The summed E-state index contributed by atoms with van der Waals surface area (Å²) in [6, 6.07) is -0.589. The number of nitrogens with zero attached hydrogens (tertiary/aromatic N) is 1. The van der Waals surface area contributed by atoms with E-state index in [4.69, 9.17) is 20.3 Å². The summed E-state index contributed by atoms with van der Waals surface area (Å²) in [6.07, 6.45) is -8.52. The van der Waals surface area contributed by atoms with Gasteiger partial charge in [-0.05, 0) is 6.92 Å². The van der Waals surface area contributed by atoms with E-state index in [0.29, 0.717) is 5.56 Å². The van der Waals surface area contributed by atoms with Crippen LogP contribution in [0.25, 0.3) is 0 Å². The number of rotatable bonds is 5. The van der Waals surface area contributed by atoms with Gasteiger partial charge in [0.15, 0.2) is 12.4 Å². The van der Waals surface area contributed by atoms with Crippen LogP contribution in [-0.4, -0.2) is 85.4 Å². The standard InChI is InChI=1S/C16H23N3O10/c1-5-3-19(16(26)18-13(5)22)8-2-6(17)7(28-8)4-27-11-9(20)12(14(23)24)29-15(25)10(11)21/h3,6-12,15,20-21,25H,2,4,17H2,1H3,(H,23,24)(H,18,22,26)/t6?,7?,8?,9-,10+,11-,12-,15?/m0/s1. The fourth-order valence-electron chi connectivity index (χ4n) is 3.34. The van der Waals surface area contributed by atoms with Crippen LogP contribution in [-0.2, 0) is 19.0 Å². The maximum Gasteiger partial charge on any atom is 0.335 e. The highest BCUT2D eigenvalue weighted by atomic mass is 16.7. The number of aliphatic carboxylic acids is 1. The number of nitrogens with one attached hydrogen (secondary N) is 1. The van der Waals surface area contributed by atoms with Crippen molar-refractivity contribution >= 4 is 5.97 Å². The number of nitrogens with two attached hydrogens (primary N) is 1. The number of ether oxygens (including phenoxy) is 3. The largest absolute Gasteiger partial charge is 0.479 e. The lowest BCUT2D eigenvalue weighted by atomic mass is 9.98. The van der Waals surface area contributed by atoms with Crippen molar-refractivity contribution in [1.29, 1.82) is 0 Å². The minimum absolute atomic E-state index is 0.221. The van der Waals surface area contributed by atoms with Crippen LogP contribution >= 0.6 is 0 Å². The Kier molecular flexibility index (Phi) is 6.19. The van der Waals surface area contributed by atoms with Gasteiger partial charge in [0.05, 0.1) is 12.7 Å². The van der Waals surface area contributed by atoms with Crippen LogP contribution in [0.15, 0.2) is 15.8 Å². The predicted octanol–water partition coefficient (Wildman–Crippen LogP) is -3.63. The van der Waals surface area contributed by atoms with E-state index in [1.807, 2.05) is 0 Å². The van der Waals surface area contributed by atoms with Crippen molar-refractivity contribution in [3.05, 3.63) is 32.6 Å². The van der Waals surface area contributed by atoms with Crippen LogP contribution in [0.2, 0.25) is 0 Å². The third-order valence-electron chi connectivity index (χ3n) is 5.00. The van der Waals surface area contributed by atoms with E-state index in [2.05, 4.69) is 9.72 Å². The number of aryl methyl sites for hydroxylation is 1. The first-order valence-electron chi connectivity index (χ1n) is 8.87. The summed E-state index contributed by atoms with van der Waals surface area (Å²) >= 11 is 0. The van der Waals surface area contributed by atoms with Gasteiger partial charge in [0.1, 0.15) is 24.5 Å². The molecule has 2 fully saturated rings. The predicted molar refractivity (Wildman–Crippen MR) is 92.8 cm³/mol. The number of hydrogen-bond donors (Lipinski definition) is 6. The number of aliphatic hydroxyl groups is 3. The molecular weight excluding hydrogens is 394 g/mol. The molecule has 0 amide bonds. The van der Waals surface area contributed by atoms with E-state index >= 15 is 0 Å². The molecule has 3 rings (SSSR count). The molecule has 0 bridgehead atoms. The molecule has 1 aromatic heterocycles. The summed E-state index contributed by atoms with van der Waals surface area (Å²) in [6.45, 7) is 1.27. The number of aromatic nitrogens is 2. The SMILES string of the molecule is Cc1cn(C2CC(N)C(CO[C@H]3[C@H](O)[C@@H](C(=O)O)OC(O)[C@@H]3O)O2)c(=O)[nH]c1=O. The van der Waals surface area contributed by atoms with Gasteiger partial charge in [0.25, 0.3) is 5.56 Å². The van der Waals surface area contributed by atoms with Gasteiger partial charge in [-0.2, -0.15) is 0 Å². The fourth-order valence-corrected chi connectivity index (χ4v) is 3.34. The Bertz CT molecular complexity index is 869. The molecule has 2 aliphatic heterocycles. The molecule has 29 heavy (non-hydrogen) atoms. The van der Waals surface area contributed by atoms with E-state index in [1.165, 1.54) is 17.7 Å². The number of carboxylic acids is 1. The summed E-state index contributed by atoms with van der Waals surface area (Å²) < 4.78 is 17.0. The second kappa shape index (κ2) is 8.31. The summed E-state index contributed by atoms with van der Waals surface area (Å²) in [5.74, 6) is -1.53. The number of carboxylic acid groups (broad SMARTS) is 1. The monoisotopic (exact) mass is 417 g/mol. The second-order valence-electron chi connectivity index (χ2n) is 7.07. The normalized spacial score (nSPS) is 37.6. The number of H-pyrrole nitrogens is 1. The lowest BCUT2D eigenvalue weighted by Gasteiger charge is -2.39.